The number of thiazole rings is 1. The molecule has 0 amide bonds. The predicted octanol–water partition coefficient (Wildman–Crippen LogP) is 5.54. The number of hydrogen-bond acceptors (Lipinski definition) is 7. The molecule has 0 bridgehead atoms. The van der Waals surface area contributed by atoms with Crippen molar-refractivity contribution in [1.29, 1.82) is 0 Å². The monoisotopic (exact) mass is 402 g/mol. The smallest absolute Gasteiger partial charge is 0.358 e. The van der Waals surface area contributed by atoms with Gasteiger partial charge >= 0.3 is 5.97 Å². The summed E-state index contributed by atoms with van der Waals surface area (Å²) in [6, 6.07) is 11.1. The summed E-state index contributed by atoms with van der Waals surface area (Å²) < 4.78 is 10.7. The first kappa shape index (κ1) is 17.0. The molecule has 0 aliphatic carbocycles. The zero-order chi connectivity index (χ0) is 17.9. The predicted molar refractivity (Wildman–Crippen MR) is 101 cm³/mol. The first-order chi connectivity index (χ1) is 12.7. The Balaban J connectivity index is 1.40. The highest BCUT2D eigenvalue weighted by atomic mass is 35.5. The van der Waals surface area contributed by atoms with E-state index in [4.69, 9.17) is 20.8 Å². The van der Waals surface area contributed by atoms with Crippen LogP contribution in [0.1, 0.15) is 16.2 Å². The quantitative estimate of drug-likeness (QED) is 0.410. The number of carbonyl (C=O) groups is 1. The second-order valence-electron chi connectivity index (χ2n) is 5.24. The molecule has 0 aliphatic rings. The van der Waals surface area contributed by atoms with Gasteiger partial charge < -0.3 is 9.15 Å². The number of thiophene rings is 1. The maximum atomic E-state index is 12.2. The Morgan fingerprint density at radius 1 is 1.15 bits per heavy atom. The average Bonchev–Trinajstić information content (AvgIpc) is 3.41. The maximum Gasteiger partial charge on any atom is 0.358 e. The van der Waals surface area contributed by atoms with Gasteiger partial charge in [0.05, 0.1) is 4.88 Å². The number of halogens is 1. The fourth-order valence-electron chi connectivity index (χ4n) is 2.19. The van der Waals surface area contributed by atoms with Gasteiger partial charge in [-0.2, -0.15) is 0 Å². The Hall–Kier alpha value is -2.48. The summed E-state index contributed by atoms with van der Waals surface area (Å²) >= 11 is 8.79. The SMILES string of the molecule is O=C(OCc1coc(-c2cccs2)n1)c1csc(-c2ccc(Cl)cc2)n1. The van der Waals surface area contributed by atoms with Gasteiger partial charge in [0.15, 0.2) is 5.69 Å². The van der Waals surface area contributed by atoms with Crippen LogP contribution in [0.15, 0.2) is 57.8 Å². The summed E-state index contributed by atoms with van der Waals surface area (Å²) in [5.74, 6) is 0.0202. The lowest BCUT2D eigenvalue weighted by atomic mass is 10.2. The second kappa shape index (κ2) is 7.41. The van der Waals surface area contributed by atoms with Gasteiger partial charge in [0.2, 0.25) is 5.89 Å². The highest BCUT2D eigenvalue weighted by molar-refractivity contribution is 7.13. The molecule has 8 heteroatoms. The van der Waals surface area contributed by atoms with E-state index in [0.717, 1.165) is 15.4 Å². The summed E-state index contributed by atoms with van der Waals surface area (Å²) in [5, 5.41) is 5.00. The van der Waals surface area contributed by atoms with Crippen molar-refractivity contribution in [1.82, 2.24) is 9.97 Å². The molecule has 26 heavy (non-hydrogen) atoms. The van der Waals surface area contributed by atoms with Gasteiger partial charge in [0.1, 0.15) is 23.6 Å². The molecule has 0 N–H and O–H groups in total. The molecule has 0 spiro atoms. The third-order valence-corrected chi connectivity index (χ3v) is 5.44. The van der Waals surface area contributed by atoms with E-state index in [1.165, 1.54) is 28.9 Å². The van der Waals surface area contributed by atoms with Crippen molar-refractivity contribution in [3.8, 4) is 21.3 Å². The highest BCUT2D eigenvalue weighted by Crippen LogP contribution is 2.26. The molecule has 130 valence electrons. The highest BCUT2D eigenvalue weighted by Gasteiger charge is 2.15. The zero-order valence-corrected chi connectivity index (χ0v) is 15.6. The van der Waals surface area contributed by atoms with Crippen LogP contribution in [0.5, 0.6) is 0 Å². The van der Waals surface area contributed by atoms with Crippen molar-refractivity contribution in [2.24, 2.45) is 0 Å². The largest absolute Gasteiger partial charge is 0.454 e. The van der Waals surface area contributed by atoms with Crippen molar-refractivity contribution in [2.45, 2.75) is 6.61 Å². The fourth-order valence-corrected chi connectivity index (χ4v) is 3.77. The molecule has 0 saturated carbocycles. The molecule has 4 rings (SSSR count). The Labute approximate surface area is 161 Å². The summed E-state index contributed by atoms with van der Waals surface area (Å²) in [4.78, 5) is 21.8. The van der Waals surface area contributed by atoms with Crippen LogP contribution in [0.25, 0.3) is 21.3 Å². The minimum Gasteiger partial charge on any atom is -0.454 e. The number of carbonyl (C=O) groups excluding carboxylic acids is 1. The van der Waals surface area contributed by atoms with Crippen LogP contribution in [0.3, 0.4) is 0 Å². The molecule has 0 fully saturated rings. The zero-order valence-electron chi connectivity index (χ0n) is 13.2. The molecule has 3 aromatic heterocycles. The normalized spacial score (nSPS) is 10.8. The minimum absolute atomic E-state index is 0.0293. The second-order valence-corrected chi connectivity index (χ2v) is 7.48. The van der Waals surface area contributed by atoms with E-state index < -0.39 is 5.97 Å². The van der Waals surface area contributed by atoms with Crippen LogP contribution in [0.4, 0.5) is 0 Å². The molecule has 3 heterocycles. The number of esters is 1. The molecule has 1 aromatic carbocycles. The third kappa shape index (κ3) is 3.70. The maximum absolute atomic E-state index is 12.2. The van der Waals surface area contributed by atoms with Crippen molar-refractivity contribution < 1.29 is 13.9 Å². The van der Waals surface area contributed by atoms with Crippen molar-refractivity contribution in [3.05, 3.63) is 69.8 Å². The van der Waals surface area contributed by atoms with Gasteiger partial charge in [-0.05, 0) is 23.6 Å². The van der Waals surface area contributed by atoms with Gasteiger partial charge in [0, 0.05) is 16.0 Å². The van der Waals surface area contributed by atoms with Gasteiger partial charge in [-0.25, -0.2) is 14.8 Å². The third-order valence-electron chi connectivity index (χ3n) is 3.44. The standard InChI is InChI=1S/C18H11ClN2O3S2/c19-12-5-3-11(4-6-12)17-21-14(10-26-17)18(22)24-9-13-8-23-16(20-13)15-2-1-7-25-15/h1-8,10H,9H2. The minimum atomic E-state index is -0.498. The molecule has 5 nitrogen and oxygen atoms in total. The van der Waals surface area contributed by atoms with Crippen LogP contribution in [0.2, 0.25) is 5.02 Å². The Morgan fingerprint density at radius 3 is 2.77 bits per heavy atom. The summed E-state index contributed by atoms with van der Waals surface area (Å²) in [6.07, 6.45) is 1.49. The van der Waals surface area contributed by atoms with E-state index in [1.54, 1.807) is 17.5 Å². The van der Waals surface area contributed by atoms with Gasteiger partial charge in [-0.1, -0.05) is 29.8 Å². The van der Waals surface area contributed by atoms with E-state index in [-0.39, 0.29) is 12.3 Å². The van der Waals surface area contributed by atoms with Crippen LogP contribution < -0.4 is 0 Å². The molecule has 0 radical (unpaired) electrons. The number of aromatic nitrogens is 2. The fraction of sp³-hybridized carbons (Fsp3) is 0.0556. The first-order valence-corrected chi connectivity index (χ1v) is 9.69. The summed E-state index contributed by atoms with van der Waals surface area (Å²) in [5.41, 5.74) is 1.72. The molecular weight excluding hydrogens is 392 g/mol. The molecule has 0 aliphatic heterocycles. The van der Waals surface area contributed by atoms with Crippen molar-refractivity contribution in [3.63, 3.8) is 0 Å². The van der Waals surface area contributed by atoms with Gasteiger partial charge in [-0.3, -0.25) is 0 Å². The van der Waals surface area contributed by atoms with E-state index in [2.05, 4.69) is 9.97 Å². The lowest BCUT2D eigenvalue weighted by molar-refractivity contribution is 0.0462. The number of ether oxygens (including phenoxy) is 1. The number of rotatable bonds is 5. The van der Waals surface area contributed by atoms with Crippen LogP contribution in [-0.2, 0) is 11.3 Å². The molecular formula is C18H11ClN2O3S2. The van der Waals surface area contributed by atoms with Gasteiger partial charge in [0.25, 0.3) is 0 Å². The molecule has 4 aromatic rings. The Morgan fingerprint density at radius 2 is 2.00 bits per heavy atom. The van der Waals surface area contributed by atoms with Crippen molar-refractivity contribution in [2.75, 3.05) is 0 Å². The number of oxazole rings is 1. The Kier molecular flexibility index (Phi) is 4.83. The van der Waals surface area contributed by atoms with Crippen molar-refractivity contribution >= 4 is 40.2 Å². The van der Waals surface area contributed by atoms with E-state index in [1.807, 2.05) is 29.6 Å². The topological polar surface area (TPSA) is 65.2 Å². The van der Waals surface area contributed by atoms with Crippen LogP contribution in [0, 0.1) is 0 Å². The first-order valence-electron chi connectivity index (χ1n) is 7.56. The van der Waals surface area contributed by atoms with E-state index in [9.17, 15) is 4.79 Å². The molecule has 0 unspecified atom stereocenters. The average molecular weight is 403 g/mol. The van der Waals surface area contributed by atoms with E-state index >= 15 is 0 Å². The lowest BCUT2D eigenvalue weighted by Gasteiger charge is -1.99. The Bertz CT molecular complexity index is 1020. The summed E-state index contributed by atoms with van der Waals surface area (Å²) in [6.45, 7) is 0.0293. The number of hydrogen-bond donors (Lipinski definition) is 0. The number of nitrogens with zero attached hydrogens (tertiary/aromatic N) is 2. The van der Waals surface area contributed by atoms with E-state index in [0.29, 0.717) is 16.6 Å². The van der Waals surface area contributed by atoms with Crippen LogP contribution in [-0.4, -0.2) is 15.9 Å². The number of benzene rings is 1. The van der Waals surface area contributed by atoms with Crippen LogP contribution >= 0.6 is 34.3 Å². The van der Waals surface area contributed by atoms with Gasteiger partial charge in [-0.15, -0.1) is 22.7 Å². The lowest BCUT2D eigenvalue weighted by Crippen LogP contribution is -2.05. The molecule has 0 saturated heterocycles. The molecule has 0 atom stereocenters. The summed E-state index contributed by atoms with van der Waals surface area (Å²) in [7, 11) is 0.